The minimum absolute atomic E-state index is 0.0184. The third-order valence-corrected chi connectivity index (χ3v) is 3.74. The maximum absolute atomic E-state index is 13.0. The van der Waals surface area contributed by atoms with Gasteiger partial charge in [0, 0.05) is 22.6 Å². The number of hydrogen-bond donors (Lipinski definition) is 2. The van der Waals surface area contributed by atoms with E-state index in [0.717, 1.165) is 0 Å². The topological polar surface area (TPSA) is 69.6 Å². The lowest BCUT2D eigenvalue weighted by Crippen LogP contribution is -2.41. The molecule has 21 heavy (non-hydrogen) atoms. The van der Waals surface area contributed by atoms with Crippen LogP contribution in [0, 0.1) is 9.39 Å². The van der Waals surface area contributed by atoms with Crippen LogP contribution in [0.25, 0.3) is 0 Å². The summed E-state index contributed by atoms with van der Waals surface area (Å²) in [4.78, 5) is 24.3. The molecule has 2 amide bonds. The Hall–Kier alpha value is -1.38. The lowest BCUT2D eigenvalue weighted by Gasteiger charge is -2.27. The van der Waals surface area contributed by atoms with Crippen LogP contribution < -0.4 is 5.32 Å². The predicted octanol–water partition coefficient (Wildman–Crippen LogP) is 3.54. The van der Waals surface area contributed by atoms with Crippen molar-refractivity contribution in [3.05, 3.63) is 27.6 Å². The van der Waals surface area contributed by atoms with E-state index in [0.29, 0.717) is 22.2 Å². The van der Waals surface area contributed by atoms with Crippen molar-refractivity contribution in [3.63, 3.8) is 0 Å². The van der Waals surface area contributed by atoms with Gasteiger partial charge in [-0.1, -0.05) is 0 Å². The summed E-state index contributed by atoms with van der Waals surface area (Å²) in [7, 11) is 0. The number of aliphatic carboxylic acids is 1. The van der Waals surface area contributed by atoms with Gasteiger partial charge in [-0.3, -0.25) is 4.79 Å². The second-order valence-corrected chi connectivity index (χ2v) is 6.00. The predicted molar refractivity (Wildman–Crippen MR) is 86.8 cm³/mol. The van der Waals surface area contributed by atoms with Gasteiger partial charge in [-0.25, -0.2) is 9.18 Å². The zero-order valence-electron chi connectivity index (χ0n) is 11.9. The Bertz CT molecular complexity index is 523. The molecule has 1 rings (SSSR count). The zero-order chi connectivity index (χ0) is 16.0. The molecule has 0 saturated carbocycles. The number of urea groups is 1. The molecule has 0 bridgehead atoms. The number of rotatable bonds is 6. The molecule has 116 valence electrons. The minimum atomic E-state index is -0.882. The molecule has 0 heterocycles. The van der Waals surface area contributed by atoms with E-state index in [4.69, 9.17) is 5.11 Å². The van der Waals surface area contributed by atoms with Crippen LogP contribution in [0.5, 0.6) is 0 Å². The van der Waals surface area contributed by atoms with Crippen LogP contribution in [0.4, 0.5) is 14.9 Å². The Morgan fingerprint density at radius 2 is 2.10 bits per heavy atom. The molecular weight excluding hydrogens is 390 g/mol. The van der Waals surface area contributed by atoms with Crippen LogP contribution in [0.3, 0.4) is 0 Å². The number of nitrogens with one attached hydrogen (secondary N) is 1. The Morgan fingerprint density at radius 1 is 1.43 bits per heavy atom. The molecule has 0 saturated heterocycles. The Labute approximate surface area is 136 Å². The lowest BCUT2D eigenvalue weighted by atomic mass is 10.2. The van der Waals surface area contributed by atoms with E-state index in [9.17, 15) is 14.0 Å². The number of carboxylic acid groups (broad SMARTS) is 1. The average molecular weight is 408 g/mol. The summed E-state index contributed by atoms with van der Waals surface area (Å²) in [5.74, 6) is -1.24. The summed E-state index contributed by atoms with van der Waals surface area (Å²) in [6, 6.07) is 3.74. The Morgan fingerprint density at radius 3 is 2.62 bits per heavy atom. The monoisotopic (exact) mass is 408 g/mol. The van der Waals surface area contributed by atoms with Gasteiger partial charge in [-0.05, 0) is 61.1 Å². The van der Waals surface area contributed by atoms with Crippen LogP contribution >= 0.6 is 22.6 Å². The summed E-state index contributed by atoms with van der Waals surface area (Å²) in [6.45, 7) is 4.07. The molecule has 1 aromatic carbocycles. The smallest absolute Gasteiger partial charge is 0.322 e. The van der Waals surface area contributed by atoms with E-state index < -0.39 is 5.97 Å². The third-order valence-electron chi connectivity index (χ3n) is 2.85. The number of carbonyl (C=O) groups excluding carboxylic acids is 1. The van der Waals surface area contributed by atoms with Gasteiger partial charge in [0.25, 0.3) is 0 Å². The first kappa shape index (κ1) is 17.7. The van der Waals surface area contributed by atoms with Crippen LogP contribution in [-0.2, 0) is 4.79 Å². The van der Waals surface area contributed by atoms with Crippen molar-refractivity contribution in [1.29, 1.82) is 0 Å². The normalized spacial score (nSPS) is 10.5. The summed E-state index contributed by atoms with van der Waals surface area (Å²) < 4.78 is 13.6. The van der Waals surface area contributed by atoms with Crippen molar-refractivity contribution in [2.75, 3.05) is 11.9 Å². The van der Waals surface area contributed by atoms with Gasteiger partial charge < -0.3 is 15.3 Å². The first-order valence-electron chi connectivity index (χ1n) is 6.55. The number of nitrogens with zero attached hydrogens (tertiary/aromatic N) is 1. The van der Waals surface area contributed by atoms with Crippen molar-refractivity contribution in [2.45, 2.75) is 32.7 Å². The van der Waals surface area contributed by atoms with E-state index >= 15 is 0 Å². The first-order chi connectivity index (χ1) is 9.81. The van der Waals surface area contributed by atoms with E-state index in [-0.39, 0.29) is 24.3 Å². The maximum atomic E-state index is 13.0. The van der Waals surface area contributed by atoms with Gasteiger partial charge in [-0.2, -0.15) is 0 Å². The van der Waals surface area contributed by atoms with E-state index in [1.807, 2.05) is 36.4 Å². The average Bonchev–Trinajstić information content (AvgIpc) is 2.37. The first-order valence-corrected chi connectivity index (χ1v) is 7.63. The number of benzene rings is 1. The quantitative estimate of drug-likeness (QED) is 0.708. The van der Waals surface area contributed by atoms with E-state index in [1.54, 1.807) is 4.90 Å². The minimum Gasteiger partial charge on any atom is -0.481 e. The van der Waals surface area contributed by atoms with Crippen LogP contribution in [0.15, 0.2) is 18.2 Å². The molecule has 0 unspecified atom stereocenters. The lowest BCUT2D eigenvalue weighted by molar-refractivity contribution is -0.137. The number of carboxylic acids is 1. The Kier molecular flexibility index (Phi) is 6.86. The number of halogens is 2. The number of hydrogen-bond acceptors (Lipinski definition) is 2. The van der Waals surface area contributed by atoms with Gasteiger partial charge in [0.1, 0.15) is 5.82 Å². The zero-order valence-corrected chi connectivity index (χ0v) is 14.1. The molecule has 2 N–H and O–H groups in total. The molecule has 5 nitrogen and oxygen atoms in total. The SMILES string of the molecule is CC(C)N(CCCC(=O)O)C(=O)Nc1ccc(F)cc1I. The largest absolute Gasteiger partial charge is 0.481 e. The van der Waals surface area contributed by atoms with Crippen LogP contribution in [-0.4, -0.2) is 34.6 Å². The van der Waals surface area contributed by atoms with Crippen molar-refractivity contribution in [1.82, 2.24) is 4.90 Å². The van der Waals surface area contributed by atoms with Crippen molar-refractivity contribution < 1.29 is 19.1 Å². The second-order valence-electron chi connectivity index (χ2n) is 4.84. The van der Waals surface area contributed by atoms with Gasteiger partial charge in [0.2, 0.25) is 0 Å². The Balaban J connectivity index is 2.70. The van der Waals surface area contributed by atoms with Crippen molar-refractivity contribution >= 4 is 40.3 Å². The number of carbonyl (C=O) groups is 2. The highest BCUT2D eigenvalue weighted by Gasteiger charge is 2.18. The molecule has 0 aliphatic rings. The van der Waals surface area contributed by atoms with Gasteiger partial charge in [0.15, 0.2) is 0 Å². The van der Waals surface area contributed by atoms with E-state index in [1.165, 1.54) is 18.2 Å². The van der Waals surface area contributed by atoms with Gasteiger partial charge in [0.05, 0.1) is 5.69 Å². The highest BCUT2D eigenvalue weighted by atomic mass is 127. The molecule has 0 atom stereocenters. The van der Waals surface area contributed by atoms with Crippen LogP contribution in [0.1, 0.15) is 26.7 Å². The molecule has 0 radical (unpaired) electrons. The second kappa shape index (κ2) is 8.16. The molecule has 7 heteroatoms. The van der Waals surface area contributed by atoms with Crippen LogP contribution in [0.2, 0.25) is 0 Å². The molecule has 0 aliphatic heterocycles. The number of amides is 2. The highest BCUT2D eigenvalue weighted by molar-refractivity contribution is 14.1. The molecule has 0 fully saturated rings. The molecule has 0 spiro atoms. The highest BCUT2D eigenvalue weighted by Crippen LogP contribution is 2.20. The fraction of sp³-hybridized carbons (Fsp3) is 0.429. The molecule has 0 aromatic heterocycles. The maximum Gasteiger partial charge on any atom is 0.322 e. The molecule has 1 aromatic rings. The molecular formula is C14H18FIN2O3. The number of anilines is 1. The third kappa shape index (κ3) is 5.86. The van der Waals surface area contributed by atoms with Crippen molar-refractivity contribution in [2.24, 2.45) is 0 Å². The summed E-state index contributed by atoms with van der Waals surface area (Å²) >= 11 is 1.95. The fourth-order valence-corrected chi connectivity index (χ4v) is 2.38. The van der Waals surface area contributed by atoms with Gasteiger partial charge >= 0.3 is 12.0 Å². The fourth-order valence-electron chi connectivity index (χ4n) is 1.77. The summed E-state index contributed by atoms with van der Waals surface area (Å²) in [5.41, 5.74) is 0.533. The van der Waals surface area contributed by atoms with Crippen molar-refractivity contribution in [3.8, 4) is 0 Å². The standard InChI is InChI=1S/C14H18FIN2O3/c1-9(2)18(7-3-4-13(19)20)14(21)17-12-6-5-10(15)8-11(12)16/h5-6,8-9H,3-4,7H2,1-2H3,(H,17,21)(H,19,20). The van der Waals surface area contributed by atoms with Gasteiger partial charge in [-0.15, -0.1) is 0 Å². The summed E-state index contributed by atoms with van der Waals surface area (Å²) in [5, 5.41) is 11.4. The van der Waals surface area contributed by atoms with E-state index in [2.05, 4.69) is 5.32 Å². The molecule has 0 aliphatic carbocycles. The summed E-state index contributed by atoms with van der Waals surface area (Å²) in [6.07, 6.45) is 0.409.